The number of aryl methyl sites for hydroxylation is 1. The highest BCUT2D eigenvalue weighted by Gasteiger charge is 2.27. The number of thioether (sulfide) groups is 1. The van der Waals surface area contributed by atoms with Crippen molar-refractivity contribution in [3.63, 3.8) is 0 Å². The predicted molar refractivity (Wildman–Crippen MR) is 105 cm³/mol. The zero-order valence-corrected chi connectivity index (χ0v) is 15.9. The number of nitrogens with zero attached hydrogens (tertiary/aromatic N) is 4. The maximum absolute atomic E-state index is 12.9. The molecule has 0 spiro atoms. The van der Waals surface area contributed by atoms with E-state index in [4.69, 9.17) is 0 Å². The summed E-state index contributed by atoms with van der Waals surface area (Å²) in [6, 6.07) is 5.89. The van der Waals surface area contributed by atoms with E-state index < -0.39 is 0 Å². The van der Waals surface area contributed by atoms with Crippen molar-refractivity contribution in [2.75, 3.05) is 37.7 Å². The third kappa shape index (κ3) is 3.38. The number of aromatic nitrogens is 2. The molecule has 2 aliphatic heterocycles. The summed E-state index contributed by atoms with van der Waals surface area (Å²) < 4.78 is 1.45. The van der Waals surface area contributed by atoms with E-state index in [0.29, 0.717) is 22.5 Å². The fraction of sp³-hybridized carbons (Fsp3) is 0.526. The minimum absolute atomic E-state index is 0.0354. The molecule has 0 aliphatic carbocycles. The maximum Gasteiger partial charge on any atom is 0.260 e. The quantitative estimate of drug-likeness (QED) is 0.801. The lowest BCUT2D eigenvalue weighted by Crippen LogP contribution is -2.52. The number of carbonyl (C=O) groups excluding carboxylic acids is 1. The Bertz CT molecular complexity index is 867. The number of benzene rings is 1. The van der Waals surface area contributed by atoms with Crippen molar-refractivity contribution in [1.82, 2.24) is 19.4 Å². The highest BCUT2D eigenvalue weighted by atomic mass is 32.2. The Kier molecular flexibility index (Phi) is 5.00. The molecule has 2 aliphatic rings. The molecular weight excluding hydrogens is 348 g/mol. The van der Waals surface area contributed by atoms with E-state index in [1.807, 2.05) is 16.7 Å². The topological polar surface area (TPSA) is 58.4 Å². The average molecular weight is 372 g/mol. The van der Waals surface area contributed by atoms with Gasteiger partial charge in [0.2, 0.25) is 0 Å². The highest BCUT2D eigenvalue weighted by molar-refractivity contribution is 7.99. The van der Waals surface area contributed by atoms with Crippen LogP contribution in [0.4, 0.5) is 0 Å². The summed E-state index contributed by atoms with van der Waals surface area (Å²) in [7, 11) is 1.68. The minimum Gasteiger partial charge on any atom is -0.336 e. The molecule has 0 bridgehead atoms. The largest absolute Gasteiger partial charge is 0.336 e. The van der Waals surface area contributed by atoms with Crippen LogP contribution in [0.3, 0.4) is 0 Å². The van der Waals surface area contributed by atoms with Crippen molar-refractivity contribution in [3.8, 4) is 0 Å². The number of rotatable bonds is 2. The van der Waals surface area contributed by atoms with Crippen molar-refractivity contribution >= 4 is 28.6 Å². The second-order valence-corrected chi connectivity index (χ2v) is 8.29. The molecule has 0 unspecified atom stereocenters. The number of hydrogen-bond acceptors (Lipinski definition) is 5. The van der Waals surface area contributed by atoms with Gasteiger partial charge in [-0.05, 0) is 42.5 Å². The summed E-state index contributed by atoms with van der Waals surface area (Å²) in [5.74, 6) is 2.55. The smallest absolute Gasteiger partial charge is 0.260 e. The average Bonchev–Trinajstić information content (AvgIpc) is 2.71. The minimum atomic E-state index is -0.0896. The van der Waals surface area contributed by atoms with Crippen LogP contribution in [0.2, 0.25) is 0 Å². The number of hydrogen-bond donors (Lipinski definition) is 0. The van der Waals surface area contributed by atoms with Crippen LogP contribution < -0.4 is 5.56 Å². The Hall–Kier alpha value is -1.86. The summed E-state index contributed by atoms with van der Waals surface area (Å²) in [4.78, 5) is 33.8. The Balaban J connectivity index is 1.46. The highest BCUT2D eigenvalue weighted by Crippen LogP contribution is 2.23. The second-order valence-electron chi connectivity index (χ2n) is 7.06. The third-order valence-corrected chi connectivity index (χ3v) is 6.52. The lowest BCUT2D eigenvalue weighted by Gasteiger charge is -2.40. The Labute approximate surface area is 157 Å². The molecule has 0 atom stereocenters. The zero-order chi connectivity index (χ0) is 18.1. The number of piperazine rings is 1. The summed E-state index contributed by atoms with van der Waals surface area (Å²) >= 11 is 2.05. The van der Waals surface area contributed by atoms with Gasteiger partial charge in [-0.2, -0.15) is 11.8 Å². The molecule has 1 aromatic carbocycles. The van der Waals surface area contributed by atoms with Gasteiger partial charge in [-0.15, -0.1) is 0 Å². The summed E-state index contributed by atoms with van der Waals surface area (Å²) in [6.07, 6.45) is 4.04. The fourth-order valence-corrected chi connectivity index (χ4v) is 4.95. The Morgan fingerprint density at radius 3 is 2.62 bits per heavy atom. The van der Waals surface area contributed by atoms with E-state index in [1.165, 1.54) is 35.2 Å². The van der Waals surface area contributed by atoms with Gasteiger partial charge in [0.25, 0.3) is 11.5 Å². The Morgan fingerprint density at radius 1 is 1.15 bits per heavy atom. The van der Waals surface area contributed by atoms with Crippen molar-refractivity contribution in [1.29, 1.82) is 0 Å². The van der Waals surface area contributed by atoms with Gasteiger partial charge >= 0.3 is 0 Å². The standard InChI is InChI=1S/C19H24N4O2S/c1-21-13-20-17-12-14(2-3-16(17)19(21)25)18(24)23-8-6-22(7-9-23)15-4-10-26-11-5-15/h2-3,12-13,15H,4-11H2,1H3. The van der Waals surface area contributed by atoms with E-state index in [9.17, 15) is 9.59 Å². The first kappa shape index (κ1) is 17.5. The van der Waals surface area contributed by atoms with Gasteiger partial charge in [0.15, 0.2) is 0 Å². The van der Waals surface area contributed by atoms with Gasteiger partial charge in [-0.1, -0.05) is 0 Å². The molecule has 6 nitrogen and oxygen atoms in total. The number of fused-ring (bicyclic) bond motifs is 1. The predicted octanol–water partition coefficient (Wildman–Crippen LogP) is 1.59. The molecule has 0 radical (unpaired) electrons. The first-order chi connectivity index (χ1) is 12.6. The molecule has 26 heavy (non-hydrogen) atoms. The van der Waals surface area contributed by atoms with E-state index in [-0.39, 0.29) is 11.5 Å². The monoisotopic (exact) mass is 372 g/mol. The van der Waals surface area contributed by atoms with Crippen LogP contribution in [0.25, 0.3) is 10.9 Å². The first-order valence-corrected chi connectivity index (χ1v) is 10.4. The van der Waals surface area contributed by atoms with E-state index >= 15 is 0 Å². The molecule has 4 rings (SSSR count). The van der Waals surface area contributed by atoms with Crippen LogP contribution in [0, 0.1) is 0 Å². The van der Waals surface area contributed by atoms with Crippen LogP contribution in [0.1, 0.15) is 23.2 Å². The molecular formula is C19H24N4O2S. The molecule has 2 saturated heterocycles. The normalized spacial score (nSPS) is 19.8. The van der Waals surface area contributed by atoms with Crippen LogP contribution in [-0.4, -0.2) is 69.0 Å². The number of carbonyl (C=O) groups is 1. The summed E-state index contributed by atoms with van der Waals surface area (Å²) in [6.45, 7) is 3.44. The molecule has 7 heteroatoms. The van der Waals surface area contributed by atoms with E-state index in [1.54, 1.807) is 25.2 Å². The summed E-state index contributed by atoms with van der Waals surface area (Å²) in [5.41, 5.74) is 1.10. The summed E-state index contributed by atoms with van der Waals surface area (Å²) in [5, 5.41) is 0.548. The molecule has 0 saturated carbocycles. The maximum atomic E-state index is 12.9. The lowest BCUT2D eigenvalue weighted by atomic mass is 10.1. The fourth-order valence-electron chi connectivity index (χ4n) is 3.87. The van der Waals surface area contributed by atoms with Crippen LogP contribution in [0.15, 0.2) is 29.3 Å². The number of amides is 1. The molecule has 0 N–H and O–H groups in total. The van der Waals surface area contributed by atoms with Crippen LogP contribution >= 0.6 is 11.8 Å². The SMILES string of the molecule is Cn1cnc2cc(C(=O)N3CCN(C4CCSCC4)CC3)ccc2c1=O. The lowest BCUT2D eigenvalue weighted by molar-refractivity contribution is 0.0559. The molecule has 1 aromatic heterocycles. The van der Waals surface area contributed by atoms with Gasteiger partial charge in [0.1, 0.15) is 0 Å². The van der Waals surface area contributed by atoms with Crippen LogP contribution in [0.5, 0.6) is 0 Å². The van der Waals surface area contributed by atoms with Crippen molar-refractivity contribution < 1.29 is 4.79 Å². The van der Waals surface area contributed by atoms with Gasteiger partial charge in [0.05, 0.1) is 17.2 Å². The third-order valence-electron chi connectivity index (χ3n) is 5.47. The van der Waals surface area contributed by atoms with Gasteiger partial charge in [-0.25, -0.2) is 4.98 Å². The molecule has 1 amide bonds. The second kappa shape index (κ2) is 7.40. The van der Waals surface area contributed by atoms with Crippen molar-refractivity contribution in [2.45, 2.75) is 18.9 Å². The first-order valence-electron chi connectivity index (χ1n) is 9.20. The molecule has 138 valence electrons. The van der Waals surface area contributed by atoms with E-state index in [0.717, 1.165) is 26.2 Å². The van der Waals surface area contributed by atoms with Crippen molar-refractivity contribution in [3.05, 3.63) is 40.4 Å². The van der Waals surface area contributed by atoms with Crippen LogP contribution in [-0.2, 0) is 7.05 Å². The zero-order valence-electron chi connectivity index (χ0n) is 15.1. The molecule has 3 heterocycles. The Morgan fingerprint density at radius 2 is 1.88 bits per heavy atom. The van der Waals surface area contributed by atoms with Gasteiger partial charge in [0, 0.05) is 44.8 Å². The van der Waals surface area contributed by atoms with Crippen molar-refractivity contribution in [2.24, 2.45) is 7.05 Å². The molecule has 2 fully saturated rings. The molecule has 2 aromatic rings. The van der Waals surface area contributed by atoms with Gasteiger partial charge in [-0.3, -0.25) is 14.5 Å². The van der Waals surface area contributed by atoms with Gasteiger partial charge < -0.3 is 9.47 Å². The van der Waals surface area contributed by atoms with E-state index in [2.05, 4.69) is 9.88 Å².